The SMILES string of the molecule is Cc1cncc(C)c1NCC1(CNC=O)CCC1. The number of amides is 1. The molecule has 0 bridgehead atoms. The molecule has 4 heteroatoms. The second-order valence-electron chi connectivity index (χ2n) is 5.35. The van der Waals surface area contributed by atoms with Gasteiger partial charge in [-0.3, -0.25) is 9.78 Å². The quantitative estimate of drug-likeness (QED) is 0.756. The van der Waals surface area contributed by atoms with Gasteiger partial charge in [0.1, 0.15) is 0 Å². The predicted octanol–water partition coefficient (Wildman–Crippen LogP) is 2.03. The Bertz CT molecular complexity index is 407. The van der Waals surface area contributed by atoms with Gasteiger partial charge in [0.2, 0.25) is 6.41 Å². The predicted molar refractivity (Wildman–Crippen MR) is 72.6 cm³/mol. The fourth-order valence-corrected chi connectivity index (χ4v) is 2.61. The number of rotatable bonds is 6. The third-order valence-electron chi connectivity index (χ3n) is 3.94. The number of nitrogens with one attached hydrogen (secondary N) is 2. The third kappa shape index (κ3) is 2.63. The van der Waals surface area contributed by atoms with Crippen LogP contribution >= 0.6 is 0 Å². The van der Waals surface area contributed by atoms with E-state index in [4.69, 9.17) is 0 Å². The first-order valence-corrected chi connectivity index (χ1v) is 6.49. The summed E-state index contributed by atoms with van der Waals surface area (Å²) in [6.07, 6.45) is 8.19. The average molecular weight is 247 g/mol. The number of hydrogen-bond acceptors (Lipinski definition) is 3. The molecule has 0 unspecified atom stereocenters. The minimum absolute atomic E-state index is 0.239. The van der Waals surface area contributed by atoms with E-state index < -0.39 is 0 Å². The van der Waals surface area contributed by atoms with Crippen LogP contribution in [0.15, 0.2) is 12.4 Å². The van der Waals surface area contributed by atoms with Crippen molar-refractivity contribution in [2.45, 2.75) is 33.1 Å². The summed E-state index contributed by atoms with van der Waals surface area (Å²) in [4.78, 5) is 14.6. The highest BCUT2D eigenvalue weighted by Gasteiger charge is 2.36. The number of pyridine rings is 1. The van der Waals surface area contributed by atoms with Crippen molar-refractivity contribution in [1.82, 2.24) is 10.3 Å². The fourth-order valence-electron chi connectivity index (χ4n) is 2.61. The molecule has 0 atom stereocenters. The maximum Gasteiger partial charge on any atom is 0.207 e. The van der Waals surface area contributed by atoms with Crippen molar-refractivity contribution >= 4 is 12.1 Å². The van der Waals surface area contributed by atoms with Crippen LogP contribution < -0.4 is 10.6 Å². The zero-order valence-corrected chi connectivity index (χ0v) is 11.1. The lowest BCUT2D eigenvalue weighted by Gasteiger charge is -2.42. The summed E-state index contributed by atoms with van der Waals surface area (Å²) in [7, 11) is 0. The Morgan fingerprint density at radius 1 is 1.28 bits per heavy atom. The van der Waals surface area contributed by atoms with Crippen LogP contribution in [0.5, 0.6) is 0 Å². The first kappa shape index (κ1) is 12.9. The van der Waals surface area contributed by atoms with E-state index in [9.17, 15) is 4.79 Å². The molecule has 18 heavy (non-hydrogen) atoms. The van der Waals surface area contributed by atoms with E-state index in [0.717, 1.165) is 19.5 Å². The van der Waals surface area contributed by atoms with Crippen LogP contribution in [0.1, 0.15) is 30.4 Å². The van der Waals surface area contributed by atoms with Crippen molar-refractivity contribution in [3.8, 4) is 0 Å². The zero-order chi connectivity index (χ0) is 13.0. The highest BCUT2D eigenvalue weighted by molar-refractivity contribution is 5.55. The maximum atomic E-state index is 10.4. The Labute approximate surface area is 108 Å². The Kier molecular flexibility index (Phi) is 3.84. The first-order valence-electron chi connectivity index (χ1n) is 6.49. The average Bonchev–Trinajstić information content (AvgIpc) is 2.30. The van der Waals surface area contributed by atoms with Crippen LogP contribution in [0.3, 0.4) is 0 Å². The standard InChI is InChI=1S/C14H21N3O/c1-11-6-15-7-12(2)13(11)17-9-14(4-3-5-14)8-16-10-18/h6-7,10H,3-5,8-9H2,1-2H3,(H,15,17)(H,16,18). The van der Waals surface area contributed by atoms with E-state index in [0.29, 0.717) is 0 Å². The molecule has 0 radical (unpaired) electrons. The Morgan fingerprint density at radius 3 is 2.44 bits per heavy atom. The van der Waals surface area contributed by atoms with E-state index in [-0.39, 0.29) is 5.41 Å². The molecular weight excluding hydrogens is 226 g/mol. The molecule has 1 amide bonds. The molecule has 1 aromatic rings. The van der Waals surface area contributed by atoms with Crippen molar-refractivity contribution in [3.63, 3.8) is 0 Å². The van der Waals surface area contributed by atoms with Gasteiger partial charge in [0.05, 0.1) is 0 Å². The second-order valence-corrected chi connectivity index (χ2v) is 5.35. The van der Waals surface area contributed by atoms with E-state index in [1.165, 1.54) is 36.1 Å². The lowest BCUT2D eigenvalue weighted by molar-refractivity contribution is -0.110. The van der Waals surface area contributed by atoms with E-state index in [2.05, 4.69) is 29.5 Å². The molecule has 0 saturated heterocycles. The van der Waals surface area contributed by atoms with E-state index in [1.807, 2.05) is 12.4 Å². The molecule has 4 nitrogen and oxygen atoms in total. The number of anilines is 1. The van der Waals surface area contributed by atoms with Gasteiger partial charge in [0.25, 0.3) is 0 Å². The van der Waals surface area contributed by atoms with E-state index in [1.54, 1.807) is 0 Å². The monoisotopic (exact) mass is 247 g/mol. The van der Waals surface area contributed by atoms with Crippen LogP contribution in [0.4, 0.5) is 5.69 Å². The van der Waals surface area contributed by atoms with E-state index >= 15 is 0 Å². The molecule has 0 aliphatic heterocycles. The normalized spacial score (nSPS) is 16.8. The fraction of sp³-hybridized carbons (Fsp3) is 0.571. The van der Waals surface area contributed by atoms with Crippen molar-refractivity contribution in [2.24, 2.45) is 5.41 Å². The van der Waals surface area contributed by atoms with Crippen LogP contribution in [0.2, 0.25) is 0 Å². The van der Waals surface area contributed by atoms with Gasteiger partial charge in [-0.1, -0.05) is 6.42 Å². The molecule has 1 fully saturated rings. The van der Waals surface area contributed by atoms with Crippen molar-refractivity contribution < 1.29 is 4.79 Å². The summed E-state index contributed by atoms with van der Waals surface area (Å²) in [6.45, 7) is 5.82. The molecule has 2 rings (SSSR count). The largest absolute Gasteiger partial charge is 0.384 e. The highest BCUT2D eigenvalue weighted by atomic mass is 16.1. The van der Waals surface area contributed by atoms with Crippen molar-refractivity contribution in [3.05, 3.63) is 23.5 Å². The Hall–Kier alpha value is -1.58. The number of hydrogen-bond donors (Lipinski definition) is 2. The van der Waals surface area contributed by atoms with Crippen molar-refractivity contribution in [1.29, 1.82) is 0 Å². The molecule has 1 heterocycles. The molecule has 0 spiro atoms. The van der Waals surface area contributed by atoms with Crippen LogP contribution in [0.25, 0.3) is 0 Å². The summed E-state index contributed by atoms with van der Waals surface area (Å²) in [5.74, 6) is 0. The number of nitrogens with zero attached hydrogens (tertiary/aromatic N) is 1. The number of aromatic nitrogens is 1. The third-order valence-corrected chi connectivity index (χ3v) is 3.94. The smallest absolute Gasteiger partial charge is 0.207 e. The van der Waals surface area contributed by atoms with Gasteiger partial charge in [-0.15, -0.1) is 0 Å². The van der Waals surface area contributed by atoms with Gasteiger partial charge >= 0.3 is 0 Å². The molecule has 1 aliphatic carbocycles. The van der Waals surface area contributed by atoms with Gasteiger partial charge in [-0.05, 0) is 37.8 Å². The Morgan fingerprint density at radius 2 is 1.94 bits per heavy atom. The summed E-state index contributed by atoms with van der Waals surface area (Å²) in [5, 5.41) is 6.36. The van der Waals surface area contributed by atoms with Gasteiger partial charge in [0, 0.05) is 36.6 Å². The van der Waals surface area contributed by atoms with Crippen LogP contribution in [-0.2, 0) is 4.79 Å². The van der Waals surface area contributed by atoms with Crippen molar-refractivity contribution in [2.75, 3.05) is 18.4 Å². The van der Waals surface area contributed by atoms with Crippen LogP contribution in [-0.4, -0.2) is 24.5 Å². The number of carbonyl (C=O) groups is 1. The number of carbonyl (C=O) groups excluding carboxylic acids is 1. The first-order chi connectivity index (χ1) is 8.67. The maximum absolute atomic E-state index is 10.4. The van der Waals surface area contributed by atoms with Gasteiger partial charge < -0.3 is 10.6 Å². The van der Waals surface area contributed by atoms with Gasteiger partial charge in [0.15, 0.2) is 0 Å². The summed E-state index contributed by atoms with van der Waals surface area (Å²) < 4.78 is 0. The van der Waals surface area contributed by atoms with Crippen LogP contribution in [0, 0.1) is 19.3 Å². The lowest BCUT2D eigenvalue weighted by Crippen LogP contribution is -2.44. The molecule has 1 saturated carbocycles. The Balaban J connectivity index is 1.99. The second kappa shape index (κ2) is 5.38. The minimum Gasteiger partial charge on any atom is -0.384 e. The lowest BCUT2D eigenvalue weighted by atomic mass is 9.68. The molecule has 1 aromatic heterocycles. The number of aryl methyl sites for hydroxylation is 2. The zero-order valence-electron chi connectivity index (χ0n) is 11.1. The summed E-state index contributed by atoms with van der Waals surface area (Å²) in [6, 6.07) is 0. The molecule has 0 aromatic carbocycles. The van der Waals surface area contributed by atoms with Gasteiger partial charge in [-0.2, -0.15) is 0 Å². The summed E-state index contributed by atoms with van der Waals surface area (Å²) in [5.41, 5.74) is 3.77. The molecule has 98 valence electrons. The molecule has 1 aliphatic rings. The molecular formula is C14H21N3O. The highest BCUT2D eigenvalue weighted by Crippen LogP contribution is 2.40. The summed E-state index contributed by atoms with van der Waals surface area (Å²) >= 11 is 0. The van der Waals surface area contributed by atoms with Gasteiger partial charge in [-0.25, -0.2) is 0 Å². The minimum atomic E-state index is 0.239. The molecule has 2 N–H and O–H groups in total. The topological polar surface area (TPSA) is 54.0 Å².